The van der Waals surface area contributed by atoms with Crippen LogP contribution in [0.1, 0.15) is 23.1 Å². The van der Waals surface area contributed by atoms with Crippen molar-refractivity contribution in [2.45, 2.75) is 12.5 Å². The first-order valence-corrected chi connectivity index (χ1v) is 16.4. The maximum absolute atomic E-state index is 10.7. The maximum Gasteiger partial charge on any atom is 0.147 e. The van der Waals surface area contributed by atoms with Crippen LogP contribution in [0.3, 0.4) is 0 Å². The lowest BCUT2D eigenvalue weighted by molar-refractivity contribution is 0.668. The molecule has 0 saturated heterocycles. The predicted molar refractivity (Wildman–Crippen MR) is 197 cm³/mol. The molecule has 5 nitrogen and oxygen atoms in total. The summed E-state index contributed by atoms with van der Waals surface area (Å²) >= 11 is 0. The molecule has 0 N–H and O–H groups in total. The second-order valence-electron chi connectivity index (χ2n) is 12.6. The lowest BCUT2D eigenvalue weighted by Crippen LogP contribution is -2.28. The van der Waals surface area contributed by atoms with Gasteiger partial charge in [-0.3, -0.25) is 0 Å². The molecule has 0 saturated carbocycles. The predicted octanol–water partition coefficient (Wildman–Crippen LogP) is 11.0. The Kier molecular flexibility index (Phi) is 5.76. The number of furan rings is 1. The number of anilines is 2. The van der Waals surface area contributed by atoms with E-state index in [4.69, 9.17) is 4.42 Å². The second-order valence-corrected chi connectivity index (χ2v) is 12.6. The summed E-state index contributed by atoms with van der Waals surface area (Å²) in [6.45, 7) is 0. The van der Waals surface area contributed by atoms with E-state index in [2.05, 4.69) is 107 Å². The van der Waals surface area contributed by atoms with Crippen molar-refractivity contribution in [3.8, 4) is 29.0 Å². The summed E-state index contributed by atoms with van der Waals surface area (Å²) in [5.74, 6) is 0. The molecule has 0 amide bonds. The van der Waals surface area contributed by atoms with Crippen LogP contribution in [0.5, 0.6) is 0 Å². The van der Waals surface area contributed by atoms with Crippen molar-refractivity contribution >= 4 is 60.7 Å². The van der Waals surface area contributed by atoms with Crippen LogP contribution in [-0.2, 0) is 0 Å². The van der Waals surface area contributed by atoms with Crippen molar-refractivity contribution < 1.29 is 4.42 Å². The molecule has 10 rings (SSSR count). The van der Waals surface area contributed by atoms with E-state index in [9.17, 15) is 10.5 Å². The smallest absolute Gasteiger partial charge is 0.147 e. The highest BCUT2D eigenvalue weighted by atomic mass is 16.3. The Morgan fingerprint density at radius 1 is 0.714 bits per heavy atom. The molecule has 49 heavy (non-hydrogen) atoms. The third kappa shape index (κ3) is 3.79. The zero-order chi connectivity index (χ0) is 32.6. The molecule has 8 aromatic rings. The number of rotatable bonds is 3. The molecule has 2 aromatic heterocycles. The first-order valence-electron chi connectivity index (χ1n) is 16.4. The Hall–Kier alpha value is -6.82. The van der Waals surface area contributed by atoms with Crippen molar-refractivity contribution in [2.24, 2.45) is 0 Å². The molecule has 2 aliphatic rings. The number of hydrogen-bond acceptors (Lipinski definition) is 4. The van der Waals surface area contributed by atoms with Gasteiger partial charge in [0.1, 0.15) is 17.2 Å². The standard InChI is InChI=1S/C44H26N4O/c45-25-27-11-10-14-31(23-27)47-36-18-7-4-15-32(36)39-42(47)41-34-17-6-9-20-38(34)49-44(41)40-33-16-5-8-19-37(33)48(43(39)40)35-22-21-29(24-30(35)26-46)28-12-2-1-3-13-28/h1-18,20-24,37H,19H2. The highest BCUT2D eigenvalue weighted by molar-refractivity contribution is 6.32. The number of allylic oxidation sites excluding steroid dienone is 2. The van der Waals surface area contributed by atoms with E-state index in [1.807, 2.05) is 54.6 Å². The molecular weight excluding hydrogens is 601 g/mol. The Morgan fingerprint density at radius 3 is 2.39 bits per heavy atom. The minimum Gasteiger partial charge on any atom is -0.455 e. The summed E-state index contributed by atoms with van der Waals surface area (Å²) < 4.78 is 9.16. The molecule has 0 radical (unpaired) electrons. The van der Waals surface area contributed by atoms with E-state index in [0.717, 1.165) is 83.9 Å². The molecule has 228 valence electrons. The fraction of sp³-hybridized carbons (Fsp3) is 0.0455. The van der Waals surface area contributed by atoms with Crippen molar-refractivity contribution in [1.82, 2.24) is 4.57 Å². The number of hydrogen-bond donors (Lipinski definition) is 0. The third-order valence-electron chi connectivity index (χ3n) is 10.1. The van der Waals surface area contributed by atoms with Crippen LogP contribution in [0.15, 0.2) is 144 Å². The van der Waals surface area contributed by atoms with Gasteiger partial charge in [0.25, 0.3) is 0 Å². The third-order valence-corrected chi connectivity index (χ3v) is 10.1. The number of nitrogens with zero attached hydrogens (tertiary/aromatic N) is 4. The summed E-state index contributed by atoms with van der Waals surface area (Å²) in [4.78, 5) is 2.38. The van der Waals surface area contributed by atoms with Gasteiger partial charge in [-0.2, -0.15) is 10.5 Å². The largest absolute Gasteiger partial charge is 0.455 e. The van der Waals surface area contributed by atoms with Gasteiger partial charge >= 0.3 is 0 Å². The molecule has 6 aromatic carbocycles. The zero-order valence-electron chi connectivity index (χ0n) is 26.3. The minimum atomic E-state index is -0.0271. The van der Waals surface area contributed by atoms with Gasteiger partial charge in [0, 0.05) is 27.4 Å². The van der Waals surface area contributed by atoms with Crippen LogP contribution in [0.2, 0.25) is 0 Å². The van der Waals surface area contributed by atoms with Crippen LogP contribution < -0.4 is 4.90 Å². The number of nitriles is 2. The molecule has 3 heterocycles. The van der Waals surface area contributed by atoms with Crippen molar-refractivity contribution in [1.29, 1.82) is 10.5 Å². The van der Waals surface area contributed by atoms with E-state index in [0.29, 0.717) is 11.1 Å². The molecule has 5 heteroatoms. The Balaban J connectivity index is 1.40. The molecule has 1 aliphatic heterocycles. The highest BCUT2D eigenvalue weighted by Crippen LogP contribution is 2.58. The molecule has 0 spiro atoms. The lowest BCUT2D eigenvalue weighted by atomic mass is 9.93. The minimum absolute atomic E-state index is 0.0271. The highest BCUT2D eigenvalue weighted by Gasteiger charge is 2.42. The van der Waals surface area contributed by atoms with E-state index in [1.165, 1.54) is 5.57 Å². The lowest BCUT2D eigenvalue weighted by Gasteiger charge is -2.30. The van der Waals surface area contributed by atoms with Gasteiger partial charge in [-0.1, -0.05) is 97.1 Å². The fourth-order valence-electron chi connectivity index (χ4n) is 8.10. The van der Waals surface area contributed by atoms with Gasteiger partial charge in [0.2, 0.25) is 0 Å². The van der Waals surface area contributed by atoms with Gasteiger partial charge in [-0.05, 0) is 65.6 Å². The Morgan fingerprint density at radius 2 is 1.53 bits per heavy atom. The van der Waals surface area contributed by atoms with Gasteiger partial charge in [-0.25, -0.2) is 0 Å². The number of aromatic nitrogens is 1. The van der Waals surface area contributed by atoms with Crippen LogP contribution in [-0.4, -0.2) is 10.6 Å². The molecular formula is C44H26N4O. The maximum atomic E-state index is 10.7. The number of fused-ring (bicyclic) bond motifs is 12. The van der Waals surface area contributed by atoms with Crippen LogP contribution in [0.4, 0.5) is 11.4 Å². The van der Waals surface area contributed by atoms with Crippen molar-refractivity contribution in [2.75, 3.05) is 4.90 Å². The Labute approximate surface area is 282 Å². The average molecular weight is 627 g/mol. The van der Waals surface area contributed by atoms with Crippen molar-refractivity contribution in [3.05, 3.63) is 156 Å². The quantitative estimate of drug-likeness (QED) is 0.196. The number of benzene rings is 6. The fourth-order valence-corrected chi connectivity index (χ4v) is 8.10. The van der Waals surface area contributed by atoms with E-state index < -0.39 is 0 Å². The topological polar surface area (TPSA) is 68.9 Å². The molecule has 0 bridgehead atoms. The van der Waals surface area contributed by atoms with Gasteiger partial charge in [-0.15, -0.1) is 0 Å². The monoisotopic (exact) mass is 626 g/mol. The zero-order valence-corrected chi connectivity index (χ0v) is 26.3. The summed E-state index contributed by atoms with van der Waals surface area (Å²) in [6.07, 6.45) is 7.35. The molecule has 1 atom stereocenters. The first kappa shape index (κ1) is 27.3. The summed E-state index contributed by atoms with van der Waals surface area (Å²) in [5, 5.41) is 24.9. The van der Waals surface area contributed by atoms with Crippen LogP contribution in [0, 0.1) is 22.7 Å². The van der Waals surface area contributed by atoms with E-state index in [1.54, 1.807) is 0 Å². The van der Waals surface area contributed by atoms with E-state index in [-0.39, 0.29) is 6.04 Å². The SMILES string of the molecule is N#Cc1cccc(-n2c3ccccc3c3c4c(c5oc6ccccc6c5c32)C2=CC=CCC2N4c2ccc(-c3ccccc3)cc2C#N)c1. The number of para-hydroxylation sites is 2. The molecule has 1 aliphatic carbocycles. The van der Waals surface area contributed by atoms with Crippen LogP contribution >= 0.6 is 0 Å². The Bertz CT molecular complexity index is 2840. The second kappa shape index (κ2) is 10.3. The summed E-state index contributed by atoms with van der Waals surface area (Å²) in [6, 6.07) is 45.8. The summed E-state index contributed by atoms with van der Waals surface area (Å²) in [5.41, 5.74) is 12.1. The molecule has 1 unspecified atom stereocenters. The van der Waals surface area contributed by atoms with Gasteiger partial charge < -0.3 is 13.9 Å². The van der Waals surface area contributed by atoms with E-state index >= 15 is 0 Å². The molecule has 0 fully saturated rings. The van der Waals surface area contributed by atoms with Crippen molar-refractivity contribution in [3.63, 3.8) is 0 Å². The van der Waals surface area contributed by atoms with Gasteiger partial charge in [0.15, 0.2) is 0 Å². The van der Waals surface area contributed by atoms with Crippen LogP contribution in [0.25, 0.3) is 66.1 Å². The van der Waals surface area contributed by atoms with Gasteiger partial charge in [0.05, 0.1) is 51.0 Å². The average Bonchev–Trinajstić information content (AvgIpc) is 3.83. The first-order chi connectivity index (χ1) is 24.2. The summed E-state index contributed by atoms with van der Waals surface area (Å²) in [7, 11) is 0. The normalized spacial score (nSPS) is 15.0.